The van der Waals surface area contributed by atoms with Crippen molar-refractivity contribution in [1.29, 1.82) is 0 Å². The van der Waals surface area contributed by atoms with E-state index in [9.17, 15) is 17.6 Å². The van der Waals surface area contributed by atoms with Crippen molar-refractivity contribution in [3.63, 3.8) is 0 Å². The standard InChI is InChI=1S/C14H12F4N2O/c1-19-13-6-9(4-5-20-13)8-21-10-2-3-12(15)11(7-10)14(16,17)18/h2-7H,8H2,1H3,(H,19,20). The molecule has 21 heavy (non-hydrogen) atoms. The number of alkyl halides is 3. The quantitative estimate of drug-likeness (QED) is 0.871. The van der Waals surface area contributed by atoms with Crippen LogP contribution in [0.15, 0.2) is 36.5 Å². The number of rotatable bonds is 4. The second-order valence-electron chi connectivity index (χ2n) is 4.23. The molecule has 0 aliphatic heterocycles. The Bertz CT molecular complexity index is 629. The van der Waals surface area contributed by atoms with Gasteiger partial charge in [-0.05, 0) is 35.9 Å². The van der Waals surface area contributed by atoms with Gasteiger partial charge in [0.2, 0.25) is 0 Å². The first-order valence-corrected chi connectivity index (χ1v) is 6.02. The molecule has 3 nitrogen and oxygen atoms in total. The van der Waals surface area contributed by atoms with Crippen LogP contribution in [0.1, 0.15) is 11.1 Å². The van der Waals surface area contributed by atoms with Crippen LogP contribution in [-0.2, 0) is 12.8 Å². The maximum Gasteiger partial charge on any atom is 0.419 e. The first-order chi connectivity index (χ1) is 9.90. The number of anilines is 1. The Kier molecular flexibility index (Phi) is 4.30. The smallest absolute Gasteiger partial charge is 0.419 e. The topological polar surface area (TPSA) is 34.1 Å². The van der Waals surface area contributed by atoms with Crippen LogP contribution in [0.4, 0.5) is 23.4 Å². The van der Waals surface area contributed by atoms with Crippen LogP contribution < -0.4 is 10.1 Å². The average molecular weight is 300 g/mol. The number of nitrogens with zero attached hydrogens (tertiary/aromatic N) is 1. The van der Waals surface area contributed by atoms with Gasteiger partial charge in [0.15, 0.2) is 0 Å². The van der Waals surface area contributed by atoms with Crippen molar-refractivity contribution >= 4 is 5.82 Å². The monoisotopic (exact) mass is 300 g/mol. The van der Waals surface area contributed by atoms with E-state index >= 15 is 0 Å². The van der Waals surface area contributed by atoms with Gasteiger partial charge in [-0.2, -0.15) is 13.2 Å². The molecule has 0 spiro atoms. The zero-order valence-electron chi connectivity index (χ0n) is 11.0. The summed E-state index contributed by atoms with van der Waals surface area (Å²) in [5.74, 6) is -0.756. The van der Waals surface area contributed by atoms with Gasteiger partial charge in [0.1, 0.15) is 24.0 Å². The molecule has 1 aromatic carbocycles. The molecule has 0 atom stereocenters. The molecular formula is C14H12F4N2O. The molecule has 0 saturated carbocycles. The van der Waals surface area contributed by atoms with Crippen LogP contribution >= 0.6 is 0 Å². The van der Waals surface area contributed by atoms with E-state index in [2.05, 4.69) is 10.3 Å². The fourth-order valence-electron chi connectivity index (χ4n) is 1.68. The minimum absolute atomic E-state index is 0.0495. The lowest BCUT2D eigenvalue weighted by atomic mass is 10.2. The summed E-state index contributed by atoms with van der Waals surface area (Å²) in [6.45, 7) is 0.0557. The van der Waals surface area contributed by atoms with Gasteiger partial charge in [-0.15, -0.1) is 0 Å². The van der Waals surface area contributed by atoms with E-state index in [0.717, 1.165) is 17.7 Å². The number of benzene rings is 1. The number of halogens is 4. The van der Waals surface area contributed by atoms with Crippen LogP contribution in [0, 0.1) is 5.82 Å². The lowest BCUT2D eigenvalue weighted by Gasteiger charge is -2.11. The minimum Gasteiger partial charge on any atom is -0.489 e. The highest BCUT2D eigenvalue weighted by molar-refractivity contribution is 5.37. The van der Waals surface area contributed by atoms with Crippen LogP contribution in [0.2, 0.25) is 0 Å². The largest absolute Gasteiger partial charge is 0.489 e. The van der Waals surface area contributed by atoms with Crippen molar-refractivity contribution in [2.75, 3.05) is 12.4 Å². The van der Waals surface area contributed by atoms with Crippen molar-refractivity contribution in [1.82, 2.24) is 4.98 Å². The number of hydrogen-bond acceptors (Lipinski definition) is 3. The molecule has 0 unspecified atom stereocenters. The number of aromatic nitrogens is 1. The lowest BCUT2D eigenvalue weighted by Crippen LogP contribution is -2.08. The summed E-state index contributed by atoms with van der Waals surface area (Å²) in [6.07, 6.45) is -3.20. The highest BCUT2D eigenvalue weighted by Crippen LogP contribution is 2.33. The normalized spacial score (nSPS) is 11.3. The van der Waals surface area contributed by atoms with Gasteiger partial charge in [-0.1, -0.05) is 0 Å². The highest BCUT2D eigenvalue weighted by atomic mass is 19.4. The Balaban J connectivity index is 2.13. The Morgan fingerprint density at radius 1 is 1.19 bits per heavy atom. The van der Waals surface area contributed by atoms with Crippen LogP contribution in [-0.4, -0.2) is 12.0 Å². The Morgan fingerprint density at radius 3 is 2.62 bits per heavy atom. The van der Waals surface area contributed by atoms with Gasteiger partial charge in [0, 0.05) is 13.2 Å². The molecule has 1 heterocycles. The molecule has 2 rings (SSSR count). The summed E-state index contributed by atoms with van der Waals surface area (Å²) in [5, 5.41) is 2.84. The van der Waals surface area contributed by atoms with Gasteiger partial charge in [0.25, 0.3) is 0 Å². The number of hydrogen-bond donors (Lipinski definition) is 1. The molecule has 2 aromatic rings. The predicted octanol–water partition coefficient (Wildman–Crippen LogP) is 3.86. The second-order valence-corrected chi connectivity index (χ2v) is 4.23. The van der Waals surface area contributed by atoms with Crippen molar-refractivity contribution in [2.24, 2.45) is 0 Å². The fraction of sp³-hybridized carbons (Fsp3) is 0.214. The molecular weight excluding hydrogens is 288 g/mol. The number of ether oxygens (including phenoxy) is 1. The molecule has 112 valence electrons. The second kappa shape index (κ2) is 5.99. The molecule has 1 aromatic heterocycles. The zero-order valence-corrected chi connectivity index (χ0v) is 11.0. The average Bonchev–Trinajstić information content (AvgIpc) is 2.45. The maximum atomic E-state index is 13.1. The summed E-state index contributed by atoms with van der Waals surface area (Å²) in [6, 6.07) is 5.92. The van der Waals surface area contributed by atoms with E-state index in [1.54, 1.807) is 25.4 Å². The van der Waals surface area contributed by atoms with E-state index in [-0.39, 0.29) is 12.4 Å². The molecule has 0 bridgehead atoms. The third kappa shape index (κ3) is 3.84. The first-order valence-electron chi connectivity index (χ1n) is 6.02. The van der Waals surface area contributed by atoms with Crippen LogP contribution in [0.3, 0.4) is 0 Å². The molecule has 1 N–H and O–H groups in total. The SMILES string of the molecule is CNc1cc(COc2ccc(F)c(C(F)(F)F)c2)ccn1. The van der Waals surface area contributed by atoms with E-state index < -0.39 is 17.6 Å². The Labute approximate surface area is 118 Å². The summed E-state index contributed by atoms with van der Waals surface area (Å²) in [7, 11) is 1.70. The van der Waals surface area contributed by atoms with E-state index in [0.29, 0.717) is 11.9 Å². The predicted molar refractivity (Wildman–Crippen MR) is 69.5 cm³/mol. The van der Waals surface area contributed by atoms with Gasteiger partial charge in [-0.25, -0.2) is 9.37 Å². The number of nitrogens with one attached hydrogen (secondary N) is 1. The Morgan fingerprint density at radius 2 is 1.95 bits per heavy atom. The van der Waals surface area contributed by atoms with Gasteiger partial charge < -0.3 is 10.1 Å². The molecule has 0 amide bonds. The van der Waals surface area contributed by atoms with E-state index in [1.807, 2.05) is 0 Å². The Hall–Kier alpha value is -2.31. The summed E-state index contributed by atoms with van der Waals surface area (Å²) in [4.78, 5) is 4.01. The van der Waals surface area contributed by atoms with E-state index in [4.69, 9.17) is 4.74 Å². The first kappa shape index (κ1) is 15.1. The summed E-state index contributed by atoms with van der Waals surface area (Å²) in [5.41, 5.74) is -0.613. The summed E-state index contributed by atoms with van der Waals surface area (Å²) >= 11 is 0. The van der Waals surface area contributed by atoms with Gasteiger partial charge >= 0.3 is 6.18 Å². The van der Waals surface area contributed by atoms with Crippen molar-refractivity contribution in [3.8, 4) is 5.75 Å². The van der Waals surface area contributed by atoms with Crippen molar-refractivity contribution < 1.29 is 22.3 Å². The highest BCUT2D eigenvalue weighted by Gasteiger charge is 2.34. The molecule has 0 aliphatic carbocycles. The minimum atomic E-state index is -4.75. The maximum absolute atomic E-state index is 13.1. The van der Waals surface area contributed by atoms with Crippen molar-refractivity contribution in [2.45, 2.75) is 12.8 Å². The van der Waals surface area contributed by atoms with Crippen molar-refractivity contribution in [3.05, 3.63) is 53.5 Å². The fourth-order valence-corrected chi connectivity index (χ4v) is 1.68. The van der Waals surface area contributed by atoms with Crippen LogP contribution in [0.5, 0.6) is 5.75 Å². The molecule has 0 fully saturated rings. The lowest BCUT2D eigenvalue weighted by molar-refractivity contribution is -0.140. The summed E-state index contributed by atoms with van der Waals surface area (Å²) < 4.78 is 56.1. The third-order valence-electron chi connectivity index (χ3n) is 2.73. The number of pyridine rings is 1. The van der Waals surface area contributed by atoms with E-state index in [1.165, 1.54) is 0 Å². The zero-order chi connectivity index (χ0) is 15.5. The molecule has 7 heteroatoms. The van der Waals surface area contributed by atoms with Gasteiger partial charge in [0.05, 0.1) is 5.56 Å². The third-order valence-corrected chi connectivity index (χ3v) is 2.73. The molecule has 0 radical (unpaired) electrons. The van der Waals surface area contributed by atoms with Crippen LogP contribution in [0.25, 0.3) is 0 Å². The van der Waals surface area contributed by atoms with Gasteiger partial charge in [-0.3, -0.25) is 0 Å². The molecule has 0 saturated heterocycles. The molecule has 0 aliphatic rings.